The molecule has 0 unspecified atom stereocenters. The van der Waals surface area contributed by atoms with Gasteiger partial charge in [-0.2, -0.15) is 0 Å². The second-order valence-corrected chi connectivity index (χ2v) is 7.76. The number of carbonyl (C=O) groups is 1. The number of nitrogens with zero attached hydrogens (tertiary/aromatic N) is 3. The number of aryl methyl sites for hydroxylation is 1. The number of carboxylic acid groups (broad SMARTS) is 1. The summed E-state index contributed by atoms with van der Waals surface area (Å²) in [5.41, 5.74) is 4.09. The predicted molar refractivity (Wildman–Crippen MR) is 123 cm³/mol. The van der Waals surface area contributed by atoms with Gasteiger partial charge in [0.2, 0.25) is 11.6 Å². The summed E-state index contributed by atoms with van der Waals surface area (Å²) in [4.78, 5) is 23.8. The number of pyridine rings is 1. The average Bonchev–Trinajstić information content (AvgIpc) is 3.23. The zero-order valence-electron chi connectivity index (χ0n) is 18.5. The molecular formula is C25H25N3O5. The quantitative estimate of drug-likeness (QED) is 0.375. The number of ether oxygens (including phenoxy) is 2. The van der Waals surface area contributed by atoms with E-state index in [0.29, 0.717) is 35.0 Å². The lowest BCUT2D eigenvalue weighted by atomic mass is 9.99. The summed E-state index contributed by atoms with van der Waals surface area (Å²) in [5.74, 6) is -0.0488. The highest BCUT2D eigenvalue weighted by molar-refractivity contribution is 6.02. The van der Waals surface area contributed by atoms with Crippen molar-refractivity contribution in [2.75, 3.05) is 19.8 Å². The summed E-state index contributed by atoms with van der Waals surface area (Å²) in [7, 11) is 0. The van der Waals surface area contributed by atoms with Crippen molar-refractivity contribution >= 4 is 17.1 Å². The highest BCUT2D eigenvalue weighted by atomic mass is 16.5. The molecule has 0 bridgehead atoms. The van der Waals surface area contributed by atoms with E-state index in [2.05, 4.69) is 46.1 Å². The molecule has 1 aromatic carbocycles. The van der Waals surface area contributed by atoms with Crippen molar-refractivity contribution < 1.29 is 23.8 Å². The maximum atomic E-state index is 10.6. The van der Waals surface area contributed by atoms with Crippen LogP contribution in [0.5, 0.6) is 5.88 Å². The molecule has 0 saturated carbocycles. The first-order chi connectivity index (χ1) is 16.1. The first-order valence-corrected chi connectivity index (χ1v) is 10.8. The monoisotopic (exact) mass is 447 g/mol. The van der Waals surface area contributed by atoms with Crippen molar-refractivity contribution in [1.82, 2.24) is 15.0 Å². The van der Waals surface area contributed by atoms with Gasteiger partial charge in [-0.25, -0.2) is 14.8 Å². The Morgan fingerprint density at radius 1 is 1.09 bits per heavy atom. The second kappa shape index (κ2) is 10.2. The number of carboxylic acids is 1. The molecule has 0 spiro atoms. The fourth-order valence-electron chi connectivity index (χ4n) is 3.49. The average molecular weight is 447 g/mol. The van der Waals surface area contributed by atoms with Crippen LogP contribution in [-0.4, -0.2) is 45.8 Å². The van der Waals surface area contributed by atoms with Crippen LogP contribution in [0.2, 0.25) is 0 Å². The summed E-state index contributed by atoms with van der Waals surface area (Å²) < 4.78 is 17.4. The molecular weight excluding hydrogens is 422 g/mol. The number of benzene rings is 1. The number of aromatic nitrogens is 3. The molecule has 3 heterocycles. The molecule has 8 heteroatoms. The van der Waals surface area contributed by atoms with Crippen molar-refractivity contribution in [2.45, 2.75) is 20.3 Å². The van der Waals surface area contributed by atoms with Crippen LogP contribution in [0, 0.1) is 5.92 Å². The van der Waals surface area contributed by atoms with Crippen LogP contribution in [0.15, 0.2) is 59.4 Å². The Labute approximate surface area is 191 Å². The van der Waals surface area contributed by atoms with Crippen LogP contribution in [0.4, 0.5) is 0 Å². The Bertz CT molecular complexity index is 1220. The SMILES string of the molecule is CCc1ccc(-c2c(-c3ccccn3)oc3ncnc(OC[C@H](C)COCC(=O)O)c23)cc1. The van der Waals surface area contributed by atoms with Gasteiger partial charge in [0, 0.05) is 17.7 Å². The number of fused-ring (bicyclic) bond motifs is 1. The van der Waals surface area contributed by atoms with Gasteiger partial charge >= 0.3 is 5.97 Å². The molecule has 0 fully saturated rings. The molecule has 0 aliphatic rings. The van der Waals surface area contributed by atoms with E-state index >= 15 is 0 Å². The summed E-state index contributed by atoms with van der Waals surface area (Å²) >= 11 is 0. The number of aliphatic carboxylic acids is 1. The maximum Gasteiger partial charge on any atom is 0.329 e. The lowest BCUT2D eigenvalue weighted by Gasteiger charge is -2.13. The summed E-state index contributed by atoms with van der Waals surface area (Å²) in [6.45, 7) is 4.25. The molecule has 8 nitrogen and oxygen atoms in total. The maximum absolute atomic E-state index is 10.6. The van der Waals surface area contributed by atoms with E-state index in [0.717, 1.165) is 17.5 Å². The minimum atomic E-state index is -1.00. The van der Waals surface area contributed by atoms with E-state index in [4.69, 9.17) is 19.0 Å². The number of furan rings is 1. The van der Waals surface area contributed by atoms with Crippen molar-refractivity contribution in [3.05, 3.63) is 60.6 Å². The molecule has 0 aliphatic heterocycles. The van der Waals surface area contributed by atoms with E-state index in [-0.39, 0.29) is 19.1 Å². The molecule has 33 heavy (non-hydrogen) atoms. The normalized spacial score (nSPS) is 12.1. The molecule has 4 rings (SSSR count). The van der Waals surface area contributed by atoms with Crippen molar-refractivity contribution in [2.24, 2.45) is 5.92 Å². The van der Waals surface area contributed by atoms with Gasteiger partial charge in [0.25, 0.3) is 0 Å². The molecule has 3 aromatic heterocycles. The third kappa shape index (κ3) is 5.18. The van der Waals surface area contributed by atoms with Gasteiger partial charge in [-0.05, 0) is 29.7 Å². The zero-order valence-corrected chi connectivity index (χ0v) is 18.5. The van der Waals surface area contributed by atoms with Gasteiger partial charge in [-0.1, -0.05) is 44.2 Å². The molecule has 1 atom stereocenters. The van der Waals surface area contributed by atoms with Crippen LogP contribution >= 0.6 is 0 Å². The molecule has 1 N–H and O–H groups in total. The van der Waals surface area contributed by atoms with Gasteiger partial charge in [0.1, 0.15) is 24.0 Å². The van der Waals surface area contributed by atoms with Gasteiger partial charge in [0.05, 0.1) is 13.2 Å². The summed E-state index contributed by atoms with van der Waals surface area (Å²) in [6, 6.07) is 13.9. The highest BCUT2D eigenvalue weighted by Gasteiger charge is 2.24. The smallest absolute Gasteiger partial charge is 0.329 e. The van der Waals surface area contributed by atoms with Crippen molar-refractivity contribution in [1.29, 1.82) is 0 Å². The minimum Gasteiger partial charge on any atom is -0.480 e. The number of rotatable bonds is 10. The lowest BCUT2D eigenvalue weighted by Crippen LogP contribution is -2.18. The molecule has 0 saturated heterocycles. The molecule has 0 radical (unpaired) electrons. The summed E-state index contributed by atoms with van der Waals surface area (Å²) in [6.07, 6.45) is 4.06. The van der Waals surface area contributed by atoms with Crippen molar-refractivity contribution in [3.8, 4) is 28.5 Å². The van der Waals surface area contributed by atoms with Crippen LogP contribution in [0.25, 0.3) is 33.7 Å². The van der Waals surface area contributed by atoms with Crippen LogP contribution < -0.4 is 4.74 Å². The first kappa shape index (κ1) is 22.4. The Kier molecular flexibility index (Phi) is 6.95. The van der Waals surface area contributed by atoms with Crippen LogP contribution in [0.3, 0.4) is 0 Å². The van der Waals surface area contributed by atoms with Crippen molar-refractivity contribution in [3.63, 3.8) is 0 Å². The largest absolute Gasteiger partial charge is 0.480 e. The zero-order chi connectivity index (χ0) is 23.2. The third-order valence-electron chi connectivity index (χ3n) is 5.13. The standard InChI is InChI=1S/C25H25N3O5/c1-3-17-7-9-18(10-8-17)21-22-24(32-13-16(2)12-31-14-20(29)30)27-15-28-25(22)33-23(21)19-6-4-5-11-26-19/h4-11,15-16H,3,12-14H2,1-2H3,(H,29,30)/t16-/m1/s1. The van der Waals surface area contributed by atoms with Gasteiger partial charge in [-0.15, -0.1) is 0 Å². The minimum absolute atomic E-state index is 0.0381. The predicted octanol–water partition coefficient (Wildman–Crippen LogP) is 4.63. The third-order valence-corrected chi connectivity index (χ3v) is 5.13. The molecule has 4 aromatic rings. The Morgan fingerprint density at radius 3 is 2.61 bits per heavy atom. The first-order valence-electron chi connectivity index (χ1n) is 10.8. The van der Waals surface area contributed by atoms with E-state index < -0.39 is 5.97 Å². The van der Waals surface area contributed by atoms with E-state index in [1.54, 1.807) is 6.20 Å². The Hall–Kier alpha value is -3.78. The molecule has 0 aliphatic carbocycles. The second-order valence-electron chi connectivity index (χ2n) is 7.76. The van der Waals surface area contributed by atoms with E-state index in [9.17, 15) is 4.79 Å². The molecule has 170 valence electrons. The van der Waals surface area contributed by atoms with E-state index in [1.807, 2.05) is 25.1 Å². The fraction of sp³-hybridized carbons (Fsp3) is 0.280. The highest BCUT2D eigenvalue weighted by Crippen LogP contribution is 2.42. The van der Waals surface area contributed by atoms with Gasteiger partial charge < -0.3 is 19.0 Å². The number of hydrogen-bond donors (Lipinski definition) is 1. The van der Waals surface area contributed by atoms with E-state index in [1.165, 1.54) is 11.9 Å². The van der Waals surface area contributed by atoms with Crippen LogP contribution in [-0.2, 0) is 16.0 Å². The van der Waals surface area contributed by atoms with Crippen LogP contribution in [0.1, 0.15) is 19.4 Å². The fourth-order valence-corrected chi connectivity index (χ4v) is 3.49. The topological polar surface area (TPSA) is 108 Å². The lowest BCUT2D eigenvalue weighted by molar-refractivity contribution is -0.142. The number of hydrogen-bond acceptors (Lipinski definition) is 7. The van der Waals surface area contributed by atoms with Gasteiger partial charge in [0.15, 0.2) is 5.76 Å². The van der Waals surface area contributed by atoms with Gasteiger partial charge in [-0.3, -0.25) is 4.98 Å². The Balaban J connectivity index is 1.73. The Morgan fingerprint density at radius 2 is 1.91 bits per heavy atom. The summed E-state index contributed by atoms with van der Waals surface area (Å²) in [5, 5.41) is 9.40. The molecule has 0 amide bonds.